The van der Waals surface area contributed by atoms with E-state index in [1.54, 1.807) is 18.5 Å². The summed E-state index contributed by atoms with van der Waals surface area (Å²) in [5.41, 5.74) is 6.01. The highest BCUT2D eigenvalue weighted by atomic mass is 32.2. The standard InChI is InChI=1S/C20H18FNO2S/c1-13-3-4-15(9-14(13)2)18-7-8-22-11-19(18)16-5-6-17(12-25(23)24)20(21)10-16/h3-11H,12H2,1-2H3,(H,23,24)/p-1. The number of nitrogens with zero attached hydrogens (tertiary/aromatic N) is 1. The van der Waals surface area contributed by atoms with E-state index in [0.717, 1.165) is 16.7 Å². The highest BCUT2D eigenvalue weighted by Gasteiger charge is 2.11. The van der Waals surface area contributed by atoms with Gasteiger partial charge in [0.2, 0.25) is 0 Å². The van der Waals surface area contributed by atoms with Crippen LogP contribution in [0.25, 0.3) is 22.3 Å². The molecule has 25 heavy (non-hydrogen) atoms. The van der Waals surface area contributed by atoms with Crippen molar-refractivity contribution >= 4 is 11.1 Å². The Hall–Kier alpha value is -2.37. The first kappa shape index (κ1) is 17.5. The van der Waals surface area contributed by atoms with Crippen LogP contribution in [0.4, 0.5) is 4.39 Å². The molecule has 2 aromatic carbocycles. The molecule has 0 saturated heterocycles. The van der Waals surface area contributed by atoms with Crippen molar-refractivity contribution in [3.8, 4) is 22.3 Å². The second-order valence-electron chi connectivity index (χ2n) is 5.97. The predicted octanol–water partition coefficient (Wildman–Crippen LogP) is 4.55. The van der Waals surface area contributed by atoms with Crippen molar-refractivity contribution in [3.63, 3.8) is 0 Å². The largest absolute Gasteiger partial charge is 0.772 e. The summed E-state index contributed by atoms with van der Waals surface area (Å²) in [4.78, 5) is 4.17. The summed E-state index contributed by atoms with van der Waals surface area (Å²) in [5.74, 6) is -0.861. The van der Waals surface area contributed by atoms with Crippen LogP contribution >= 0.6 is 0 Å². The normalized spacial score (nSPS) is 12.2. The van der Waals surface area contributed by atoms with E-state index in [-0.39, 0.29) is 11.3 Å². The van der Waals surface area contributed by atoms with Crippen LogP contribution in [0, 0.1) is 19.7 Å². The number of pyridine rings is 1. The lowest BCUT2D eigenvalue weighted by atomic mass is 9.94. The summed E-state index contributed by atoms with van der Waals surface area (Å²) in [6.07, 6.45) is 3.41. The Labute approximate surface area is 148 Å². The molecule has 0 amide bonds. The van der Waals surface area contributed by atoms with Crippen LogP contribution in [0.15, 0.2) is 54.9 Å². The van der Waals surface area contributed by atoms with Crippen molar-refractivity contribution in [3.05, 3.63) is 77.4 Å². The number of aromatic nitrogens is 1. The molecule has 1 atom stereocenters. The zero-order chi connectivity index (χ0) is 18.0. The minimum atomic E-state index is -2.32. The Morgan fingerprint density at radius 2 is 1.72 bits per heavy atom. The lowest BCUT2D eigenvalue weighted by Gasteiger charge is -2.13. The van der Waals surface area contributed by atoms with Gasteiger partial charge in [-0.1, -0.05) is 41.4 Å². The third-order valence-electron chi connectivity index (χ3n) is 4.28. The highest BCUT2D eigenvalue weighted by molar-refractivity contribution is 7.78. The molecule has 0 spiro atoms. The smallest absolute Gasteiger partial charge is 0.127 e. The van der Waals surface area contributed by atoms with Gasteiger partial charge in [-0.05, 0) is 59.4 Å². The molecular weight excluding hydrogens is 337 g/mol. The second-order valence-corrected chi connectivity index (χ2v) is 6.87. The molecule has 5 heteroatoms. The van der Waals surface area contributed by atoms with Gasteiger partial charge in [0.15, 0.2) is 0 Å². The minimum Gasteiger partial charge on any atom is -0.772 e. The maximum Gasteiger partial charge on any atom is 0.127 e. The van der Waals surface area contributed by atoms with E-state index in [1.165, 1.54) is 23.3 Å². The Morgan fingerprint density at radius 1 is 1.00 bits per heavy atom. The van der Waals surface area contributed by atoms with Crippen molar-refractivity contribution in [1.82, 2.24) is 4.98 Å². The molecule has 1 unspecified atom stereocenters. The monoisotopic (exact) mass is 354 g/mol. The second kappa shape index (κ2) is 7.25. The molecule has 0 aliphatic carbocycles. The molecule has 0 aliphatic heterocycles. The van der Waals surface area contributed by atoms with Gasteiger partial charge in [0.05, 0.1) is 0 Å². The van der Waals surface area contributed by atoms with Gasteiger partial charge >= 0.3 is 0 Å². The van der Waals surface area contributed by atoms with Crippen LogP contribution in [-0.2, 0) is 16.8 Å². The molecule has 0 saturated carbocycles. The van der Waals surface area contributed by atoms with Gasteiger partial charge in [0, 0.05) is 23.7 Å². The fourth-order valence-electron chi connectivity index (χ4n) is 2.74. The maximum atomic E-state index is 14.3. The van der Waals surface area contributed by atoms with Crippen LogP contribution in [-0.4, -0.2) is 13.7 Å². The number of rotatable bonds is 4. The van der Waals surface area contributed by atoms with E-state index in [0.29, 0.717) is 5.56 Å². The zero-order valence-corrected chi connectivity index (χ0v) is 14.8. The molecule has 1 heterocycles. The topological polar surface area (TPSA) is 53.0 Å². The fraction of sp³-hybridized carbons (Fsp3) is 0.150. The summed E-state index contributed by atoms with van der Waals surface area (Å²) in [7, 11) is 0. The number of aryl methyl sites for hydroxylation is 2. The molecule has 3 rings (SSSR count). The Bertz CT molecular complexity index is 956. The summed E-state index contributed by atoms with van der Waals surface area (Å²) in [5, 5.41) is 0. The maximum absolute atomic E-state index is 14.3. The Morgan fingerprint density at radius 3 is 2.40 bits per heavy atom. The molecule has 0 radical (unpaired) electrons. The van der Waals surface area contributed by atoms with E-state index >= 15 is 0 Å². The van der Waals surface area contributed by atoms with Crippen LogP contribution in [0.5, 0.6) is 0 Å². The molecule has 0 bridgehead atoms. The third kappa shape index (κ3) is 3.83. The van der Waals surface area contributed by atoms with Gasteiger partial charge in [-0.15, -0.1) is 0 Å². The molecule has 0 fully saturated rings. The van der Waals surface area contributed by atoms with Gasteiger partial charge in [0.25, 0.3) is 0 Å². The molecule has 128 valence electrons. The van der Waals surface area contributed by atoms with E-state index in [4.69, 9.17) is 0 Å². The first-order chi connectivity index (χ1) is 12.0. The molecular formula is C20H17FNO2S-. The first-order valence-electron chi connectivity index (χ1n) is 7.82. The Kier molecular flexibility index (Phi) is 5.06. The first-order valence-corrected chi connectivity index (χ1v) is 9.06. The molecule has 0 N–H and O–H groups in total. The van der Waals surface area contributed by atoms with Gasteiger partial charge in [0.1, 0.15) is 5.82 Å². The van der Waals surface area contributed by atoms with E-state index < -0.39 is 16.9 Å². The number of hydrogen-bond donors (Lipinski definition) is 0. The summed E-state index contributed by atoms with van der Waals surface area (Å²) in [6, 6.07) is 12.7. The van der Waals surface area contributed by atoms with Gasteiger partial charge < -0.3 is 4.55 Å². The SMILES string of the molecule is Cc1ccc(-c2ccncc2-c2ccc(CS(=O)[O-])c(F)c2)cc1C. The van der Waals surface area contributed by atoms with E-state index in [1.807, 2.05) is 12.1 Å². The molecule has 3 nitrogen and oxygen atoms in total. The number of hydrogen-bond acceptors (Lipinski definition) is 3. The van der Waals surface area contributed by atoms with Crippen LogP contribution < -0.4 is 0 Å². The fourth-order valence-corrected chi connectivity index (χ4v) is 3.23. The highest BCUT2D eigenvalue weighted by Crippen LogP contribution is 2.33. The predicted molar refractivity (Wildman–Crippen MR) is 97.2 cm³/mol. The van der Waals surface area contributed by atoms with E-state index in [9.17, 15) is 13.2 Å². The van der Waals surface area contributed by atoms with Crippen molar-refractivity contribution in [2.75, 3.05) is 0 Å². The van der Waals surface area contributed by atoms with Crippen molar-refractivity contribution in [2.24, 2.45) is 0 Å². The van der Waals surface area contributed by atoms with Crippen molar-refractivity contribution < 1.29 is 13.2 Å². The van der Waals surface area contributed by atoms with Crippen LogP contribution in [0.2, 0.25) is 0 Å². The number of benzene rings is 2. The molecule has 3 aromatic rings. The van der Waals surface area contributed by atoms with E-state index in [2.05, 4.69) is 31.0 Å². The minimum absolute atomic E-state index is 0.161. The Balaban J connectivity index is 2.08. The lowest BCUT2D eigenvalue weighted by Crippen LogP contribution is -1.97. The molecule has 0 aliphatic rings. The van der Waals surface area contributed by atoms with Crippen molar-refractivity contribution in [1.29, 1.82) is 0 Å². The van der Waals surface area contributed by atoms with Crippen LogP contribution in [0.3, 0.4) is 0 Å². The number of halogens is 1. The summed E-state index contributed by atoms with van der Waals surface area (Å²) in [6.45, 7) is 4.11. The zero-order valence-electron chi connectivity index (χ0n) is 14.0. The van der Waals surface area contributed by atoms with Crippen molar-refractivity contribution in [2.45, 2.75) is 19.6 Å². The third-order valence-corrected chi connectivity index (χ3v) is 4.82. The quantitative estimate of drug-likeness (QED) is 0.646. The van der Waals surface area contributed by atoms with Gasteiger partial charge in [-0.2, -0.15) is 0 Å². The average molecular weight is 354 g/mol. The molecule has 1 aromatic heterocycles. The summed E-state index contributed by atoms with van der Waals surface area (Å²) >= 11 is -2.32. The van der Waals surface area contributed by atoms with Crippen LogP contribution in [0.1, 0.15) is 16.7 Å². The van der Waals surface area contributed by atoms with Gasteiger partial charge in [-0.3, -0.25) is 9.19 Å². The average Bonchev–Trinajstić information content (AvgIpc) is 2.59. The lowest BCUT2D eigenvalue weighted by molar-refractivity contribution is 0.533. The summed E-state index contributed by atoms with van der Waals surface area (Å²) < 4.78 is 35.8. The van der Waals surface area contributed by atoms with Gasteiger partial charge in [-0.25, -0.2) is 4.39 Å².